The van der Waals surface area contributed by atoms with Crippen LogP contribution in [0.5, 0.6) is 0 Å². The van der Waals surface area contributed by atoms with Gasteiger partial charge in [-0.2, -0.15) is 5.10 Å². The standard InChI is InChI=1S/C15H25N5O/c1-12(2)20-8-4-14(17-20)15(21)19-7-3-13(11-19)18-9-5-16-6-10-18/h4,8,12-13,16H,3,5-7,9-11H2,1-2H3. The van der Waals surface area contributed by atoms with E-state index in [1.165, 1.54) is 0 Å². The van der Waals surface area contributed by atoms with E-state index in [4.69, 9.17) is 0 Å². The molecule has 2 fully saturated rings. The molecule has 1 atom stereocenters. The Morgan fingerprint density at radius 3 is 2.76 bits per heavy atom. The van der Waals surface area contributed by atoms with Gasteiger partial charge < -0.3 is 10.2 Å². The number of rotatable bonds is 3. The predicted molar refractivity (Wildman–Crippen MR) is 81.4 cm³/mol. The number of carbonyl (C=O) groups excluding carboxylic acids is 1. The minimum absolute atomic E-state index is 0.0760. The molecule has 3 heterocycles. The predicted octanol–water partition coefficient (Wildman–Crippen LogP) is 0.584. The maximum absolute atomic E-state index is 12.5. The molecule has 1 aromatic rings. The van der Waals surface area contributed by atoms with Gasteiger partial charge in [0.1, 0.15) is 5.69 Å². The fourth-order valence-corrected chi connectivity index (χ4v) is 3.17. The van der Waals surface area contributed by atoms with Crippen molar-refractivity contribution >= 4 is 5.91 Å². The van der Waals surface area contributed by atoms with E-state index in [1.807, 2.05) is 21.8 Å². The third-order valence-electron chi connectivity index (χ3n) is 4.48. The molecule has 0 aromatic carbocycles. The monoisotopic (exact) mass is 291 g/mol. The van der Waals surface area contributed by atoms with Crippen molar-refractivity contribution in [3.8, 4) is 0 Å². The van der Waals surface area contributed by atoms with Gasteiger partial charge in [0.25, 0.3) is 5.91 Å². The minimum atomic E-state index is 0.0760. The summed E-state index contributed by atoms with van der Waals surface area (Å²) in [5, 5.41) is 7.77. The summed E-state index contributed by atoms with van der Waals surface area (Å²) in [5.41, 5.74) is 0.574. The number of likely N-dealkylation sites (tertiary alicyclic amines) is 1. The van der Waals surface area contributed by atoms with Crippen LogP contribution in [-0.2, 0) is 0 Å². The molecule has 1 amide bonds. The first kappa shape index (κ1) is 14.5. The molecular formula is C15H25N5O. The Morgan fingerprint density at radius 1 is 1.33 bits per heavy atom. The summed E-state index contributed by atoms with van der Waals surface area (Å²) >= 11 is 0. The van der Waals surface area contributed by atoms with Crippen LogP contribution in [0.3, 0.4) is 0 Å². The van der Waals surface area contributed by atoms with Crippen molar-refractivity contribution in [1.29, 1.82) is 0 Å². The van der Waals surface area contributed by atoms with Gasteiger partial charge in [-0.05, 0) is 26.3 Å². The Balaban J connectivity index is 1.60. The zero-order valence-corrected chi connectivity index (χ0v) is 13.0. The van der Waals surface area contributed by atoms with Crippen molar-refractivity contribution in [2.75, 3.05) is 39.3 Å². The number of carbonyl (C=O) groups is 1. The molecule has 0 saturated carbocycles. The second-order valence-corrected chi connectivity index (χ2v) is 6.25. The molecule has 21 heavy (non-hydrogen) atoms. The van der Waals surface area contributed by atoms with Crippen LogP contribution in [0.15, 0.2) is 12.3 Å². The molecule has 6 nitrogen and oxygen atoms in total. The van der Waals surface area contributed by atoms with Crippen LogP contribution in [0.4, 0.5) is 0 Å². The Bertz CT molecular complexity index is 492. The molecule has 6 heteroatoms. The zero-order valence-electron chi connectivity index (χ0n) is 13.0. The summed E-state index contributed by atoms with van der Waals surface area (Å²) in [6.45, 7) is 10.1. The number of hydrogen-bond acceptors (Lipinski definition) is 4. The third kappa shape index (κ3) is 3.11. The normalized spacial score (nSPS) is 24.0. The first-order valence-electron chi connectivity index (χ1n) is 7.94. The van der Waals surface area contributed by atoms with Gasteiger partial charge >= 0.3 is 0 Å². The smallest absolute Gasteiger partial charge is 0.274 e. The molecule has 0 aliphatic carbocycles. The average molecular weight is 291 g/mol. The van der Waals surface area contributed by atoms with Gasteiger partial charge in [0, 0.05) is 57.5 Å². The van der Waals surface area contributed by atoms with E-state index in [0.717, 1.165) is 45.7 Å². The number of nitrogens with zero attached hydrogens (tertiary/aromatic N) is 4. The van der Waals surface area contributed by atoms with Crippen molar-refractivity contribution in [2.24, 2.45) is 0 Å². The summed E-state index contributed by atoms with van der Waals surface area (Å²) in [5.74, 6) is 0.0760. The van der Waals surface area contributed by atoms with Crippen LogP contribution in [0.1, 0.15) is 36.8 Å². The molecule has 0 radical (unpaired) electrons. The van der Waals surface area contributed by atoms with Crippen molar-refractivity contribution in [1.82, 2.24) is 24.9 Å². The summed E-state index contributed by atoms with van der Waals surface area (Å²) in [4.78, 5) is 17.0. The summed E-state index contributed by atoms with van der Waals surface area (Å²) in [6.07, 6.45) is 2.97. The molecule has 1 N–H and O–H groups in total. The van der Waals surface area contributed by atoms with Crippen molar-refractivity contribution in [3.63, 3.8) is 0 Å². The Labute approximate surface area is 126 Å². The molecule has 1 unspecified atom stereocenters. The topological polar surface area (TPSA) is 53.4 Å². The summed E-state index contributed by atoms with van der Waals surface area (Å²) in [7, 11) is 0. The molecule has 0 bridgehead atoms. The van der Waals surface area contributed by atoms with Crippen LogP contribution in [0.25, 0.3) is 0 Å². The molecule has 2 aliphatic heterocycles. The van der Waals surface area contributed by atoms with E-state index in [2.05, 4.69) is 29.2 Å². The van der Waals surface area contributed by atoms with Gasteiger partial charge in [-0.15, -0.1) is 0 Å². The highest BCUT2D eigenvalue weighted by molar-refractivity contribution is 5.92. The Morgan fingerprint density at radius 2 is 2.10 bits per heavy atom. The lowest BCUT2D eigenvalue weighted by Gasteiger charge is -2.32. The van der Waals surface area contributed by atoms with E-state index in [0.29, 0.717) is 17.8 Å². The van der Waals surface area contributed by atoms with Crippen molar-refractivity contribution in [2.45, 2.75) is 32.4 Å². The molecule has 2 aliphatic rings. The fraction of sp³-hybridized carbons (Fsp3) is 0.733. The quantitative estimate of drug-likeness (QED) is 0.885. The largest absolute Gasteiger partial charge is 0.336 e. The van der Waals surface area contributed by atoms with Crippen LogP contribution < -0.4 is 5.32 Å². The highest BCUT2D eigenvalue weighted by Crippen LogP contribution is 2.18. The Kier molecular flexibility index (Phi) is 4.26. The Hall–Kier alpha value is -1.40. The summed E-state index contributed by atoms with van der Waals surface area (Å²) < 4.78 is 1.84. The molecule has 1 aromatic heterocycles. The number of piperazine rings is 1. The van der Waals surface area contributed by atoms with Crippen LogP contribution >= 0.6 is 0 Å². The van der Waals surface area contributed by atoms with Crippen molar-refractivity contribution in [3.05, 3.63) is 18.0 Å². The van der Waals surface area contributed by atoms with Gasteiger partial charge in [0.15, 0.2) is 0 Å². The molecular weight excluding hydrogens is 266 g/mol. The van der Waals surface area contributed by atoms with Crippen LogP contribution in [0.2, 0.25) is 0 Å². The number of nitrogens with one attached hydrogen (secondary N) is 1. The average Bonchev–Trinajstić information content (AvgIpc) is 3.17. The second-order valence-electron chi connectivity index (χ2n) is 6.25. The number of hydrogen-bond donors (Lipinski definition) is 1. The SMILES string of the molecule is CC(C)n1ccc(C(=O)N2CCC(N3CCNCC3)C2)n1. The first-order valence-corrected chi connectivity index (χ1v) is 7.94. The number of aromatic nitrogens is 2. The first-order chi connectivity index (χ1) is 10.1. The lowest BCUT2D eigenvalue weighted by molar-refractivity contribution is 0.0766. The highest BCUT2D eigenvalue weighted by atomic mass is 16.2. The van der Waals surface area contributed by atoms with Gasteiger partial charge in [0.05, 0.1) is 0 Å². The van der Waals surface area contributed by atoms with E-state index in [9.17, 15) is 4.79 Å². The minimum Gasteiger partial charge on any atom is -0.336 e. The fourth-order valence-electron chi connectivity index (χ4n) is 3.17. The highest BCUT2D eigenvalue weighted by Gasteiger charge is 2.32. The van der Waals surface area contributed by atoms with Crippen LogP contribution in [-0.4, -0.2) is 70.8 Å². The van der Waals surface area contributed by atoms with Crippen LogP contribution in [0, 0.1) is 0 Å². The van der Waals surface area contributed by atoms with Gasteiger partial charge in [-0.1, -0.05) is 0 Å². The number of amides is 1. The summed E-state index contributed by atoms with van der Waals surface area (Å²) in [6, 6.07) is 2.64. The maximum Gasteiger partial charge on any atom is 0.274 e. The third-order valence-corrected chi connectivity index (χ3v) is 4.48. The van der Waals surface area contributed by atoms with Gasteiger partial charge in [-0.3, -0.25) is 14.4 Å². The maximum atomic E-state index is 12.5. The van der Waals surface area contributed by atoms with Crippen molar-refractivity contribution < 1.29 is 4.79 Å². The second kappa shape index (κ2) is 6.15. The van der Waals surface area contributed by atoms with E-state index in [-0.39, 0.29) is 5.91 Å². The lowest BCUT2D eigenvalue weighted by atomic mass is 10.2. The van der Waals surface area contributed by atoms with E-state index < -0.39 is 0 Å². The zero-order chi connectivity index (χ0) is 14.8. The lowest BCUT2D eigenvalue weighted by Crippen LogP contribution is -2.49. The van der Waals surface area contributed by atoms with Gasteiger partial charge in [-0.25, -0.2) is 0 Å². The van der Waals surface area contributed by atoms with E-state index in [1.54, 1.807) is 0 Å². The van der Waals surface area contributed by atoms with Gasteiger partial charge in [0.2, 0.25) is 0 Å². The molecule has 2 saturated heterocycles. The molecule has 116 valence electrons. The molecule has 0 spiro atoms. The van der Waals surface area contributed by atoms with E-state index >= 15 is 0 Å². The molecule has 3 rings (SSSR count).